The minimum Gasteiger partial charge on any atom is -0.369 e. The Morgan fingerprint density at radius 3 is 2.61 bits per heavy atom. The van der Waals surface area contributed by atoms with Crippen molar-refractivity contribution in [1.29, 1.82) is 0 Å². The molecule has 2 amide bonds. The Morgan fingerprint density at radius 2 is 1.93 bits per heavy atom. The Labute approximate surface area is 169 Å². The van der Waals surface area contributed by atoms with E-state index in [1.165, 1.54) is 27.8 Å². The first-order valence-electron chi connectivity index (χ1n) is 9.87. The summed E-state index contributed by atoms with van der Waals surface area (Å²) in [7, 11) is 0. The molecule has 2 aromatic rings. The molecule has 0 radical (unpaired) electrons. The molecule has 28 heavy (non-hydrogen) atoms. The van der Waals surface area contributed by atoms with Gasteiger partial charge in [-0.2, -0.15) is 0 Å². The highest BCUT2D eigenvalue weighted by Gasteiger charge is 2.43. The highest BCUT2D eigenvalue weighted by atomic mass is 32.1. The van der Waals surface area contributed by atoms with Crippen molar-refractivity contribution < 1.29 is 14.3 Å². The first-order chi connectivity index (χ1) is 13.5. The Hall–Kier alpha value is -2.18. The second-order valence-corrected chi connectivity index (χ2v) is 8.72. The Balaban J connectivity index is 1.52. The normalized spacial score (nSPS) is 19.1. The number of carbonyl (C=O) groups is 2. The highest BCUT2D eigenvalue weighted by molar-refractivity contribution is 7.15. The van der Waals surface area contributed by atoms with Gasteiger partial charge in [-0.05, 0) is 43.4 Å². The lowest BCUT2D eigenvalue weighted by Gasteiger charge is -2.44. The Kier molecular flexibility index (Phi) is 5.25. The van der Waals surface area contributed by atoms with Crippen LogP contribution in [0.1, 0.15) is 37.1 Å². The van der Waals surface area contributed by atoms with E-state index >= 15 is 0 Å². The zero-order chi connectivity index (χ0) is 19.7. The zero-order valence-electron chi connectivity index (χ0n) is 16.4. The first kappa shape index (κ1) is 19.2. The van der Waals surface area contributed by atoms with Crippen LogP contribution in [0.15, 0.2) is 36.4 Å². The highest BCUT2D eigenvalue weighted by Crippen LogP contribution is 2.47. The van der Waals surface area contributed by atoms with E-state index in [2.05, 4.69) is 35.6 Å². The number of benzene rings is 1. The molecule has 1 unspecified atom stereocenters. The predicted octanol–water partition coefficient (Wildman–Crippen LogP) is 3.33. The van der Waals surface area contributed by atoms with Crippen LogP contribution in [-0.2, 0) is 26.3 Å². The molecule has 1 spiro atoms. The summed E-state index contributed by atoms with van der Waals surface area (Å²) in [5, 5.41) is 2.69. The largest absolute Gasteiger partial charge is 0.369 e. The van der Waals surface area contributed by atoms with Gasteiger partial charge < -0.3 is 15.0 Å². The van der Waals surface area contributed by atoms with Crippen molar-refractivity contribution in [1.82, 2.24) is 10.2 Å². The van der Waals surface area contributed by atoms with E-state index in [1.54, 1.807) is 6.92 Å². The third-order valence-electron chi connectivity index (χ3n) is 5.70. The molecule has 2 aliphatic rings. The maximum atomic E-state index is 12.6. The van der Waals surface area contributed by atoms with Crippen LogP contribution in [0.2, 0.25) is 0 Å². The van der Waals surface area contributed by atoms with Crippen molar-refractivity contribution in [2.24, 2.45) is 0 Å². The monoisotopic (exact) mass is 398 g/mol. The van der Waals surface area contributed by atoms with Crippen LogP contribution in [0.4, 0.5) is 0 Å². The zero-order valence-corrected chi connectivity index (χ0v) is 17.2. The second kappa shape index (κ2) is 7.68. The van der Waals surface area contributed by atoms with Gasteiger partial charge in [0.25, 0.3) is 0 Å². The number of hydrogen-bond acceptors (Lipinski definition) is 4. The van der Waals surface area contributed by atoms with Crippen molar-refractivity contribution in [3.63, 3.8) is 0 Å². The van der Waals surface area contributed by atoms with Crippen LogP contribution in [0.3, 0.4) is 0 Å². The third-order valence-corrected chi connectivity index (χ3v) is 7.12. The van der Waals surface area contributed by atoms with E-state index in [9.17, 15) is 9.59 Å². The minimum absolute atomic E-state index is 0.0164. The topological polar surface area (TPSA) is 58.6 Å². The van der Waals surface area contributed by atoms with Gasteiger partial charge in [-0.25, -0.2) is 0 Å². The van der Waals surface area contributed by atoms with E-state index in [0.717, 1.165) is 25.9 Å². The number of likely N-dealkylation sites (tertiary alicyclic amines) is 1. The van der Waals surface area contributed by atoms with E-state index < -0.39 is 6.04 Å². The fourth-order valence-corrected chi connectivity index (χ4v) is 5.68. The molecule has 148 valence electrons. The fraction of sp³-hybridized carbons (Fsp3) is 0.455. The minimum atomic E-state index is -0.485. The lowest BCUT2D eigenvalue weighted by atomic mass is 9.85. The maximum absolute atomic E-state index is 12.6. The van der Waals surface area contributed by atoms with Crippen molar-refractivity contribution in [2.45, 2.75) is 44.8 Å². The van der Waals surface area contributed by atoms with Crippen molar-refractivity contribution in [3.8, 4) is 10.4 Å². The molecule has 3 heterocycles. The van der Waals surface area contributed by atoms with Gasteiger partial charge in [0.2, 0.25) is 11.8 Å². The van der Waals surface area contributed by atoms with Crippen LogP contribution in [0.25, 0.3) is 10.4 Å². The average molecular weight is 399 g/mol. The molecule has 2 aliphatic heterocycles. The van der Waals surface area contributed by atoms with Crippen LogP contribution in [0.5, 0.6) is 0 Å². The Bertz CT molecular complexity index is 869. The number of carbonyl (C=O) groups excluding carboxylic acids is 2. The lowest BCUT2D eigenvalue weighted by Crippen LogP contribution is -2.52. The summed E-state index contributed by atoms with van der Waals surface area (Å²) in [5.41, 5.74) is 2.36. The molecular formula is C22H26N2O3S. The summed E-state index contributed by atoms with van der Waals surface area (Å²) < 4.78 is 6.34. The van der Waals surface area contributed by atoms with Crippen LogP contribution < -0.4 is 5.32 Å². The van der Waals surface area contributed by atoms with Gasteiger partial charge in [-0.3, -0.25) is 9.59 Å². The molecule has 4 rings (SSSR count). The number of ether oxygens (including phenoxy) is 1. The smallest absolute Gasteiger partial charge is 0.244 e. The standard InChI is InChI=1S/C22H26N2O3S/c1-15(23-16(2)25)21(26)24-11-9-22(10-12-24)20-18(8-13-27-22)14-19(28-20)17-6-4-3-5-7-17/h3-7,14-15H,8-13H2,1-2H3,(H,23,25). The molecule has 1 saturated heterocycles. The van der Waals surface area contributed by atoms with Crippen molar-refractivity contribution >= 4 is 23.2 Å². The summed E-state index contributed by atoms with van der Waals surface area (Å²) in [6.45, 7) is 5.22. The average Bonchev–Trinajstić information content (AvgIpc) is 3.14. The Morgan fingerprint density at radius 1 is 1.21 bits per heavy atom. The first-order valence-corrected chi connectivity index (χ1v) is 10.7. The number of hydrogen-bond donors (Lipinski definition) is 1. The van der Waals surface area contributed by atoms with E-state index in [-0.39, 0.29) is 17.4 Å². The molecule has 1 fully saturated rings. The molecule has 0 bridgehead atoms. The van der Waals surface area contributed by atoms with Crippen LogP contribution in [-0.4, -0.2) is 42.5 Å². The van der Waals surface area contributed by atoms with E-state index in [4.69, 9.17) is 4.74 Å². The van der Waals surface area contributed by atoms with E-state index in [0.29, 0.717) is 13.1 Å². The molecule has 0 aliphatic carbocycles. The van der Waals surface area contributed by atoms with Gasteiger partial charge in [-0.15, -0.1) is 11.3 Å². The lowest BCUT2D eigenvalue weighted by molar-refractivity contribution is -0.143. The summed E-state index contributed by atoms with van der Waals surface area (Å²) >= 11 is 1.83. The van der Waals surface area contributed by atoms with Gasteiger partial charge >= 0.3 is 0 Å². The summed E-state index contributed by atoms with van der Waals surface area (Å²) in [6.07, 6.45) is 2.54. The molecule has 6 heteroatoms. The summed E-state index contributed by atoms with van der Waals surface area (Å²) in [4.78, 5) is 28.3. The number of rotatable bonds is 3. The second-order valence-electron chi connectivity index (χ2n) is 7.67. The maximum Gasteiger partial charge on any atom is 0.244 e. The summed E-state index contributed by atoms with van der Waals surface area (Å²) in [5.74, 6) is -0.196. The number of fused-ring (bicyclic) bond motifs is 2. The molecule has 5 nitrogen and oxygen atoms in total. The SMILES string of the molecule is CC(=O)NC(C)C(=O)N1CCC2(CC1)OCCc1cc(-c3ccccc3)sc12. The number of nitrogens with one attached hydrogen (secondary N) is 1. The number of thiophene rings is 1. The fourth-order valence-electron chi connectivity index (χ4n) is 4.27. The van der Waals surface area contributed by atoms with E-state index in [1.807, 2.05) is 22.3 Å². The van der Waals surface area contributed by atoms with Gasteiger partial charge in [0.1, 0.15) is 11.6 Å². The molecule has 1 N–H and O–H groups in total. The number of nitrogens with zero attached hydrogens (tertiary/aromatic N) is 1. The molecule has 1 aromatic heterocycles. The molecule has 1 aromatic carbocycles. The van der Waals surface area contributed by atoms with Gasteiger partial charge in [0.15, 0.2) is 0 Å². The van der Waals surface area contributed by atoms with Gasteiger partial charge in [-0.1, -0.05) is 30.3 Å². The summed E-state index contributed by atoms with van der Waals surface area (Å²) in [6, 6.07) is 12.3. The van der Waals surface area contributed by atoms with Crippen LogP contribution in [0, 0.1) is 0 Å². The van der Waals surface area contributed by atoms with Gasteiger partial charge in [0.05, 0.1) is 6.61 Å². The van der Waals surface area contributed by atoms with Crippen molar-refractivity contribution in [3.05, 3.63) is 46.8 Å². The molecular weight excluding hydrogens is 372 g/mol. The molecule has 1 atom stereocenters. The van der Waals surface area contributed by atoms with Crippen LogP contribution >= 0.6 is 11.3 Å². The quantitative estimate of drug-likeness (QED) is 0.863. The number of piperidine rings is 1. The van der Waals surface area contributed by atoms with Crippen molar-refractivity contribution in [2.75, 3.05) is 19.7 Å². The van der Waals surface area contributed by atoms with Gasteiger partial charge in [0, 0.05) is 29.8 Å². The predicted molar refractivity (Wildman–Crippen MR) is 110 cm³/mol. The molecule has 0 saturated carbocycles. The number of amides is 2. The third kappa shape index (κ3) is 3.59.